The molecular weight excluding hydrogens is 432 g/mol. The van der Waals surface area contributed by atoms with Crippen molar-refractivity contribution in [3.63, 3.8) is 0 Å². The molecule has 0 bridgehead atoms. The Hall–Kier alpha value is -3.42. The van der Waals surface area contributed by atoms with E-state index in [-0.39, 0.29) is 23.8 Å². The van der Waals surface area contributed by atoms with Gasteiger partial charge in [0.15, 0.2) is 5.60 Å². The van der Waals surface area contributed by atoms with E-state index in [0.29, 0.717) is 25.1 Å². The summed E-state index contributed by atoms with van der Waals surface area (Å²) < 4.78 is 5.83. The number of amides is 2. The van der Waals surface area contributed by atoms with Gasteiger partial charge in [0.25, 0.3) is 0 Å². The van der Waals surface area contributed by atoms with Crippen LogP contribution in [0.25, 0.3) is 0 Å². The monoisotopic (exact) mass is 460 g/mol. The highest BCUT2D eigenvalue weighted by Gasteiger charge is 2.57. The van der Waals surface area contributed by atoms with Crippen LogP contribution in [0, 0.1) is 0 Å². The number of likely N-dealkylation sites (tertiary alicyclic amines) is 1. The molecule has 8 heteroatoms. The predicted molar refractivity (Wildman–Crippen MR) is 124 cm³/mol. The average Bonchev–Trinajstić information content (AvgIpc) is 3.19. The van der Waals surface area contributed by atoms with Crippen LogP contribution in [0.5, 0.6) is 0 Å². The molecule has 8 nitrogen and oxygen atoms in total. The van der Waals surface area contributed by atoms with Gasteiger partial charge in [-0.3, -0.25) is 9.59 Å². The summed E-state index contributed by atoms with van der Waals surface area (Å²) in [6.07, 6.45) is 4.97. The molecule has 2 atom stereocenters. The summed E-state index contributed by atoms with van der Waals surface area (Å²) in [5.74, 6) is 0.665. The molecule has 34 heavy (non-hydrogen) atoms. The van der Waals surface area contributed by atoms with E-state index in [1.165, 1.54) is 0 Å². The zero-order valence-electron chi connectivity index (χ0n) is 19.3. The van der Waals surface area contributed by atoms with E-state index in [4.69, 9.17) is 4.74 Å². The fraction of sp³-hybridized carbons (Fsp3) is 0.462. The van der Waals surface area contributed by atoms with Gasteiger partial charge in [0.05, 0.1) is 17.5 Å². The van der Waals surface area contributed by atoms with Crippen LogP contribution in [0.15, 0.2) is 42.6 Å². The van der Waals surface area contributed by atoms with Crippen molar-refractivity contribution in [3.05, 3.63) is 59.3 Å². The van der Waals surface area contributed by atoms with Gasteiger partial charge in [-0.2, -0.15) is 0 Å². The van der Waals surface area contributed by atoms with Crippen molar-refractivity contribution in [2.45, 2.75) is 49.7 Å². The minimum atomic E-state index is -0.721. The highest BCUT2D eigenvalue weighted by Crippen LogP contribution is 2.52. The number of ether oxygens (including phenoxy) is 1. The number of aromatic nitrogens is 1. The van der Waals surface area contributed by atoms with Gasteiger partial charge in [0.2, 0.25) is 11.8 Å². The summed E-state index contributed by atoms with van der Waals surface area (Å²) >= 11 is 0. The second-order valence-corrected chi connectivity index (χ2v) is 10.0. The van der Waals surface area contributed by atoms with Crippen molar-refractivity contribution < 1.29 is 19.1 Å². The molecule has 1 aromatic heterocycles. The lowest BCUT2D eigenvalue weighted by atomic mass is 9.91. The summed E-state index contributed by atoms with van der Waals surface area (Å²) in [7, 11) is 0. The maximum Gasteiger partial charge on any atom is 0.339 e. The lowest BCUT2D eigenvalue weighted by Gasteiger charge is -2.27. The molecular formula is C26H28N4O4. The Bertz CT molecular complexity index is 1180. The summed E-state index contributed by atoms with van der Waals surface area (Å²) in [5, 5.41) is 2.97. The topological polar surface area (TPSA) is 91.8 Å². The molecule has 176 valence electrons. The van der Waals surface area contributed by atoms with Crippen LogP contribution in [0.1, 0.15) is 54.1 Å². The van der Waals surface area contributed by atoms with E-state index < -0.39 is 11.0 Å². The third-order valence-corrected chi connectivity index (χ3v) is 7.82. The Kier molecular flexibility index (Phi) is 4.69. The largest absolute Gasteiger partial charge is 0.449 e. The van der Waals surface area contributed by atoms with Crippen LogP contribution in [0.3, 0.4) is 0 Å². The molecule has 0 unspecified atom stereocenters. The molecule has 2 aromatic rings. The number of nitrogens with zero attached hydrogens (tertiary/aromatic N) is 3. The third kappa shape index (κ3) is 3.27. The van der Waals surface area contributed by atoms with Gasteiger partial charge >= 0.3 is 5.97 Å². The standard InChI is InChI=1S/C26H28N4O4/c1-17(31)28-19-8-12-29(15-19)22-7-6-18(14-27-22)25(9-10-25)24(33)30-13-11-26(16-30)21-5-3-2-4-20(21)23(32)34-26/h2-7,14,19H,8-13,15-16H2,1H3,(H,28,31)/t19-,26+/m1/s1. The smallest absolute Gasteiger partial charge is 0.339 e. The number of esters is 1. The molecule has 4 heterocycles. The van der Waals surface area contributed by atoms with E-state index in [1.54, 1.807) is 13.0 Å². The Morgan fingerprint density at radius 3 is 2.68 bits per heavy atom. The maximum absolute atomic E-state index is 13.7. The lowest BCUT2D eigenvalue weighted by molar-refractivity contribution is -0.134. The number of hydrogen-bond acceptors (Lipinski definition) is 6. The van der Waals surface area contributed by atoms with Crippen molar-refractivity contribution in [2.24, 2.45) is 0 Å². The van der Waals surface area contributed by atoms with Crippen molar-refractivity contribution in [1.29, 1.82) is 0 Å². The number of pyridine rings is 1. The lowest BCUT2D eigenvalue weighted by Crippen LogP contribution is -2.40. The number of carbonyl (C=O) groups is 3. The number of benzene rings is 1. The molecule has 3 aliphatic heterocycles. The van der Waals surface area contributed by atoms with E-state index >= 15 is 0 Å². The van der Waals surface area contributed by atoms with E-state index in [0.717, 1.165) is 49.3 Å². The molecule has 1 spiro atoms. The van der Waals surface area contributed by atoms with Gasteiger partial charge < -0.3 is 19.9 Å². The molecule has 4 aliphatic rings. The van der Waals surface area contributed by atoms with Crippen molar-refractivity contribution in [2.75, 3.05) is 31.1 Å². The predicted octanol–water partition coefficient (Wildman–Crippen LogP) is 2.13. The highest BCUT2D eigenvalue weighted by atomic mass is 16.6. The van der Waals surface area contributed by atoms with Gasteiger partial charge in [-0.1, -0.05) is 24.3 Å². The molecule has 1 saturated carbocycles. The number of rotatable bonds is 4. The number of anilines is 1. The van der Waals surface area contributed by atoms with Crippen LogP contribution < -0.4 is 10.2 Å². The van der Waals surface area contributed by atoms with Crippen LogP contribution in [0.2, 0.25) is 0 Å². The molecule has 6 rings (SSSR count). The highest BCUT2D eigenvalue weighted by molar-refractivity contribution is 5.96. The van der Waals surface area contributed by atoms with Crippen LogP contribution >= 0.6 is 0 Å². The van der Waals surface area contributed by atoms with Gasteiger partial charge in [-0.05, 0) is 37.0 Å². The van der Waals surface area contributed by atoms with Gasteiger partial charge in [0.1, 0.15) is 5.82 Å². The fourth-order valence-electron chi connectivity index (χ4n) is 5.89. The number of hydrogen-bond donors (Lipinski definition) is 1. The maximum atomic E-state index is 13.7. The fourth-order valence-corrected chi connectivity index (χ4v) is 5.89. The first kappa shape index (κ1) is 21.1. The normalized spacial score (nSPS) is 26.5. The SMILES string of the molecule is CC(=O)N[C@@H]1CCN(c2ccc(C3(C(=O)N4CC[C@@]5(C4)OC(=O)c4ccccc45)CC3)cn2)C1. The summed E-state index contributed by atoms with van der Waals surface area (Å²) in [6, 6.07) is 11.7. The van der Waals surface area contributed by atoms with Crippen LogP contribution in [-0.4, -0.2) is 59.9 Å². The summed E-state index contributed by atoms with van der Waals surface area (Å²) in [4.78, 5) is 46.1. The number of fused-ring (bicyclic) bond motifs is 2. The Balaban J connectivity index is 1.16. The van der Waals surface area contributed by atoms with E-state index in [2.05, 4.69) is 15.2 Å². The first-order valence-electron chi connectivity index (χ1n) is 12.0. The summed E-state index contributed by atoms with van der Waals surface area (Å²) in [6.45, 7) is 4.11. The minimum Gasteiger partial charge on any atom is -0.449 e. The molecule has 0 radical (unpaired) electrons. The Morgan fingerprint density at radius 1 is 1.12 bits per heavy atom. The zero-order chi connectivity index (χ0) is 23.5. The molecule has 1 N–H and O–H groups in total. The molecule has 3 fully saturated rings. The van der Waals surface area contributed by atoms with Crippen molar-refractivity contribution >= 4 is 23.6 Å². The summed E-state index contributed by atoms with van der Waals surface area (Å²) in [5.41, 5.74) is 1.21. The van der Waals surface area contributed by atoms with E-state index in [1.807, 2.05) is 41.4 Å². The first-order chi connectivity index (χ1) is 16.4. The second-order valence-electron chi connectivity index (χ2n) is 10.0. The zero-order valence-corrected chi connectivity index (χ0v) is 19.3. The average molecular weight is 461 g/mol. The molecule has 1 aromatic carbocycles. The van der Waals surface area contributed by atoms with Crippen LogP contribution in [-0.2, 0) is 25.3 Å². The first-order valence-corrected chi connectivity index (χ1v) is 12.0. The van der Waals surface area contributed by atoms with E-state index in [9.17, 15) is 14.4 Å². The number of carbonyl (C=O) groups excluding carboxylic acids is 3. The molecule has 1 aliphatic carbocycles. The Labute approximate surface area is 198 Å². The number of nitrogens with one attached hydrogen (secondary N) is 1. The molecule has 2 amide bonds. The van der Waals surface area contributed by atoms with Crippen molar-refractivity contribution in [1.82, 2.24) is 15.2 Å². The quantitative estimate of drug-likeness (QED) is 0.703. The van der Waals surface area contributed by atoms with Gasteiger partial charge in [-0.15, -0.1) is 0 Å². The molecule has 2 saturated heterocycles. The minimum absolute atomic E-state index is 0.0103. The van der Waals surface area contributed by atoms with Gasteiger partial charge in [-0.25, -0.2) is 9.78 Å². The third-order valence-electron chi connectivity index (χ3n) is 7.82. The van der Waals surface area contributed by atoms with Crippen molar-refractivity contribution in [3.8, 4) is 0 Å². The Morgan fingerprint density at radius 2 is 1.94 bits per heavy atom. The van der Waals surface area contributed by atoms with Gasteiger partial charge in [0, 0.05) is 50.8 Å². The van der Waals surface area contributed by atoms with Crippen LogP contribution in [0.4, 0.5) is 5.82 Å². The second kappa shape index (κ2) is 7.55.